The maximum Gasteiger partial charge on any atom is 0.119 e. The van der Waals surface area contributed by atoms with Crippen LogP contribution in [0.3, 0.4) is 0 Å². The smallest absolute Gasteiger partial charge is 0.119 e. The van der Waals surface area contributed by atoms with Crippen LogP contribution in [0.1, 0.15) is 54.4 Å². The van der Waals surface area contributed by atoms with E-state index in [0.29, 0.717) is 19.3 Å². The Bertz CT molecular complexity index is 380. The highest BCUT2D eigenvalue weighted by Gasteiger charge is 2.24. The van der Waals surface area contributed by atoms with Crippen LogP contribution in [0, 0.1) is 5.92 Å². The Balaban J connectivity index is 0. The van der Waals surface area contributed by atoms with Crippen molar-refractivity contribution in [3.05, 3.63) is 30.3 Å². The molecule has 5 nitrogen and oxygen atoms in total. The standard InChI is InChI=1S/C9H13NO.C5H13NO.C5H11N.C2H6/c1-8(10)7-11-9-5-3-2-4-6-9;1-3-7-4-5(2)6;1-4(6)5-2-3-5;1-2/h2-6,8H,7,10H2,1H3;5H,3-4,6H2,1-2H3;4-5H,2-3,6H2,1H3;1-2H3. The third-order valence-corrected chi connectivity index (χ3v) is 3.21. The lowest BCUT2D eigenvalue weighted by molar-refractivity contribution is 0.137. The SMILES string of the molecule is CC.CC(N)C1CC1.CC(N)COc1ccccc1.CCOCC(C)N. The van der Waals surface area contributed by atoms with E-state index >= 15 is 0 Å². The first-order valence-corrected chi connectivity index (χ1v) is 9.89. The summed E-state index contributed by atoms with van der Waals surface area (Å²) in [5.41, 5.74) is 16.4. The van der Waals surface area contributed by atoms with Gasteiger partial charge in [-0.25, -0.2) is 0 Å². The number of hydrogen-bond donors (Lipinski definition) is 3. The van der Waals surface area contributed by atoms with E-state index in [1.165, 1.54) is 12.8 Å². The number of hydrogen-bond acceptors (Lipinski definition) is 5. The highest BCUT2D eigenvalue weighted by molar-refractivity contribution is 5.20. The molecule has 1 aliphatic rings. The van der Waals surface area contributed by atoms with Gasteiger partial charge in [0.1, 0.15) is 12.4 Å². The zero-order chi connectivity index (χ0) is 20.4. The van der Waals surface area contributed by atoms with Crippen LogP contribution in [0.25, 0.3) is 0 Å². The fraction of sp³-hybridized carbons (Fsp3) is 0.714. The van der Waals surface area contributed by atoms with Gasteiger partial charge in [0.05, 0.1) is 6.61 Å². The average Bonchev–Trinajstić information content (AvgIpc) is 3.47. The van der Waals surface area contributed by atoms with Gasteiger partial charge in [0.15, 0.2) is 0 Å². The minimum Gasteiger partial charge on any atom is -0.492 e. The summed E-state index contributed by atoms with van der Waals surface area (Å²) in [5, 5.41) is 0. The molecule has 2 rings (SSSR count). The van der Waals surface area contributed by atoms with Gasteiger partial charge in [0.25, 0.3) is 0 Å². The Hall–Kier alpha value is -1.14. The summed E-state index contributed by atoms with van der Waals surface area (Å²) in [7, 11) is 0. The lowest BCUT2D eigenvalue weighted by Crippen LogP contribution is -2.23. The van der Waals surface area contributed by atoms with E-state index in [1.54, 1.807) is 0 Å². The minimum atomic E-state index is 0.0928. The van der Waals surface area contributed by atoms with Crippen molar-refractivity contribution in [2.75, 3.05) is 19.8 Å². The third kappa shape index (κ3) is 20.9. The minimum absolute atomic E-state index is 0.0928. The Kier molecular flexibility index (Phi) is 19.4. The number of benzene rings is 1. The molecular weight excluding hydrogens is 326 g/mol. The van der Waals surface area contributed by atoms with E-state index in [1.807, 2.05) is 65.0 Å². The average molecular weight is 370 g/mol. The molecule has 0 aromatic heterocycles. The summed E-state index contributed by atoms with van der Waals surface area (Å²) in [6.45, 7) is 13.9. The van der Waals surface area contributed by atoms with Crippen LogP contribution in [-0.2, 0) is 4.74 Å². The van der Waals surface area contributed by atoms with Crippen molar-refractivity contribution >= 4 is 0 Å². The second-order valence-electron chi connectivity index (χ2n) is 6.43. The molecule has 26 heavy (non-hydrogen) atoms. The highest BCUT2D eigenvalue weighted by Crippen LogP contribution is 2.30. The Labute approximate surface area is 161 Å². The summed E-state index contributed by atoms with van der Waals surface area (Å²) in [4.78, 5) is 0. The van der Waals surface area contributed by atoms with E-state index in [-0.39, 0.29) is 12.1 Å². The van der Waals surface area contributed by atoms with Gasteiger partial charge in [-0.2, -0.15) is 0 Å². The topological polar surface area (TPSA) is 96.5 Å². The van der Waals surface area contributed by atoms with Crippen molar-refractivity contribution < 1.29 is 9.47 Å². The van der Waals surface area contributed by atoms with Gasteiger partial charge in [-0.15, -0.1) is 0 Å². The molecule has 0 saturated heterocycles. The predicted molar refractivity (Wildman–Crippen MR) is 113 cm³/mol. The molecule has 0 heterocycles. The molecule has 1 aromatic rings. The van der Waals surface area contributed by atoms with Crippen LogP contribution in [0.4, 0.5) is 0 Å². The van der Waals surface area contributed by atoms with E-state index in [9.17, 15) is 0 Å². The lowest BCUT2D eigenvalue weighted by atomic mass is 10.2. The second kappa shape index (κ2) is 18.6. The Morgan fingerprint density at radius 3 is 1.69 bits per heavy atom. The van der Waals surface area contributed by atoms with Crippen LogP contribution < -0.4 is 21.9 Å². The third-order valence-electron chi connectivity index (χ3n) is 3.21. The van der Waals surface area contributed by atoms with Gasteiger partial charge < -0.3 is 26.7 Å². The summed E-state index contributed by atoms with van der Waals surface area (Å²) in [5.74, 6) is 1.76. The van der Waals surface area contributed by atoms with Gasteiger partial charge in [0.2, 0.25) is 0 Å². The molecule has 1 fully saturated rings. The highest BCUT2D eigenvalue weighted by atomic mass is 16.5. The van der Waals surface area contributed by atoms with E-state index in [4.69, 9.17) is 26.7 Å². The molecule has 0 radical (unpaired) electrons. The van der Waals surface area contributed by atoms with Crippen molar-refractivity contribution in [2.45, 2.75) is 72.5 Å². The van der Waals surface area contributed by atoms with E-state index in [2.05, 4.69) is 6.92 Å². The molecule has 0 aliphatic heterocycles. The maximum absolute atomic E-state index is 5.52. The summed E-state index contributed by atoms with van der Waals surface area (Å²) < 4.78 is 10.3. The molecular formula is C21H43N3O2. The van der Waals surface area contributed by atoms with Crippen LogP contribution >= 0.6 is 0 Å². The molecule has 5 heteroatoms. The Morgan fingerprint density at radius 2 is 1.42 bits per heavy atom. The van der Waals surface area contributed by atoms with Gasteiger partial charge in [-0.1, -0.05) is 32.0 Å². The quantitative estimate of drug-likeness (QED) is 0.683. The van der Waals surface area contributed by atoms with Crippen molar-refractivity contribution in [1.29, 1.82) is 0 Å². The maximum atomic E-state index is 5.52. The largest absolute Gasteiger partial charge is 0.492 e. The zero-order valence-corrected chi connectivity index (χ0v) is 17.8. The normalized spacial score (nSPS) is 15.6. The van der Waals surface area contributed by atoms with Crippen molar-refractivity contribution in [3.63, 3.8) is 0 Å². The van der Waals surface area contributed by atoms with Crippen LogP contribution in [0.15, 0.2) is 30.3 Å². The molecule has 0 amide bonds. The predicted octanol–water partition coefficient (Wildman–Crippen LogP) is 3.55. The Morgan fingerprint density at radius 1 is 0.923 bits per heavy atom. The number of ether oxygens (including phenoxy) is 2. The monoisotopic (exact) mass is 369 g/mol. The van der Waals surface area contributed by atoms with Crippen LogP contribution in [-0.4, -0.2) is 37.9 Å². The van der Waals surface area contributed by atoms with Gasteiger partial charge in [-0.3, -0.25) is 0 Å². The lowest BCUT2D eigenvalue weighted by Gasteiger charge is -2.07. The fourth-order valence-electron chi connectivity index (χ4n) is 1.67. The van der Waals surface area contributed by atoms with Crippen molar-refractivity contribution in [2.24, 2.45) is 23.1 Å². The fourth-order valence-corrected chi connectivity index (χ4v) is 1.67. The van der Waals surface area contributed by atoms with Crippen LogP contribution in [0.5, 0.6) is 5.75 Å². The summed E-state index contributed by atoms with van der Waals surface area (Å²) in [6, 6.07) is 10.4. The second-order valence-corrected chi connectivity index (χ2v) is 6.43. The van der Waals surface area contributed by atoms with Crippen molar-refractivity contribution in [1.82, 2.24) is 0 Å². The molecule has 3 unspecified atom stereocenters. The molecule has 3 atom stereocenters. The number of rotatable bonds is 7. The number of para-hydroxylation sites is 1. The van der Waals surface area contributed by atoms with Crippen LogP contribution in [0.2, 0.25) is 0 Å². The zero-order valence-electron chi connectivity index (χ0n) is 17.8. The first-order chi connectivity index (χ1) is 12.4. The van der Waals surface area contributed by atoms with Gasteiger partial charge in [-0.05, 0) is 58.6 Å². The van der Waals surface area contributed by atoms with Gasteiger partial charge >= 0.3 is 0 Å². The summed E-state index contributed by atoms with van der Waals surface area (Å²) >= 11 is 0. The molecule has 6 N–H and O–H groups in total. The molecule has 0 spiro atoms. The summed E-state index contributed by atoms with van der Waals surface area (Å²) in [6.07, 6.45) is 2.75. The molecule has 0 bridgehead atoms. The first kappa shape index (κ1) is 27.1. The van der Waals surface area contributed by atoms with Gasteiger partial charge in [0, 0.05) is 24.7 Å². The molecule has 1 aromatic carbocycles. The molecule has 1 saturated carbocycles. The molecule has 1 aliphatic carbocycles. The molecule has 154 valence electrons. The van der Waals surface area contributed by atoms with Crippen molar-refractivity contribution in [3.8, 4) is 5.75 Å². The number of nitrogens with two attached hydrogens (primary N) is 3. The van der Waals surface area contributed by atoms with E-state index < -0.39 is 0 Å². The first-order valence-electron chi connectivity index (χ1n) is 9.89. The van der Waals surface area contributed by atoms with E-state index in [0.717, 1.165) is 18.3 Å².